The lowest BCUT2D eigenvalue weighted by atomic mass is 10.1. The molecule has 3 rings (SSSR count). The predicted molar refractivity (Wildman–Crippen MR) is 82.0 cm³/mol. The van der Waals surface area contributed by atoms with Gasteiger partial charge in [0.1, 0.15) is 24.0 Å². The average Bonchev–Trinajstić information content (AvgIpc) is 2.99. The van der Waals surface area contributed by atoms with E-state index in [9.17, 15) is 4.79 Å². The number of aromatic nitrogens is 3. The van der Waals surface area contributed by atoms with Crippen molar-refractivity contribution in [3.05, 3.63) is 52.9 Å². The molecule has 0 aliphatic carbocycles. The first-order valence-electron chi connectivity index (χ1n) is 7.22. The summed E-state index contributed by atoms with van der Waals surface area (Å²) in [6.07, 6.45) is 5.11. The fourth-order valence-corrected chi connectivity index (χ4v) is 2.31. The molecule has 0 fully saturated rings. The molecule has 0 saturated carbocycles. The molecule has 6 nitrogen and oxygen atoms in total. The fourth-order valence-electron chi connectivity index (χ4n) is 2.31. The van der Waals surface area contributed by atoms with E-state index in [4.69, 9.17) is 9.15 Å². The van der Waals surface area contributed by atoms with Crippen LogP contribution in [0.1, 0.15) is 18.4 Å². The Balaban J connectivity index is 1.56. The molecular weight excluding hydrogens is 282 g/mol. The normalized spacial score (nSPS) is 11.0. The third kappa shape index (κ3) is 3.33. The number of unbranched alkanes of at least 4 members (excludes halogenated alkanes) is 1. The molecule has 0 unspecified atom stereocenters. The van der Waals surface area contributed by atoms with E-state index in [1.165, 1.54) is 12.4 Å². The maximum atomic E-state index is 11.4. The van der Waals surface area contributed by atoms with Crippen molar-refractivity contribution in [1.82, 2.24) is 14.8 Å². The minimum atomic E-state index is -0.338. The van der Waals surface area contributed by atoms with Crippen LogP contribution in [0.5, 0.6) is 5.75 Å². The van der Waals surface area contributed by atoms with Crippen LogP contribution in [0.25, 0.3) is 11.0 Å². The monoisotopic (exact) mass is 299 g/mol. The maximum Gasteiger partial charge on any atom is 0.336 e. The van der Waals surface area contributed by atoms with Crippen molar-refractivity contribution in [1.29, 1.82) is 0 Å². The summed E-state index contributed by atoms with van der Waals surface area (Å²) in [5.41, 5.74) is 1.13. The molecule has 0 spiro atoms. The van der Waals surface area contributed by atoms with E-state index in [0.29, 0.717) is 17.9 Å². The number of fused-ring (bicyclic) bond motifs is 1. The Kier molecular flexibility index (Phi) is 4.18. The van der Waals surface area contributed by atoms with Crippen LogP contribution in [-0.2, 0) is 6.54 Å². The van der Waals surface area contributed by atoms with E-state index >= 15 is 0 Å². The standard InChI is InChI=1S/C16H17N3O3/c1-12-8-16(20)22-15-9-13(4-5-14(12)15)21-7-3-2-6-19-11-17-10-18-19/h4-5,8-11H,2-3,6-7H2,1H3. The third-order valence-electron chi connectivity index (χ3n) is 3.44. The summed E-state index contributed by atoms with van der Waals surface area (Å²) in [6.45, 7) is 3.33. The third-order valence-corrected chi connectivity index (χ3v) is 3.44. The second kappa shape index (κ2) is 6.43. The van der Waals surface area contributed by atoms with Crippen LogP contribution in [0.3, 0.4) is 0 Å². The average molecular weight is 299 g/mol. The molecule has 0 aliphatic heterocycles. The molecule has 0 amide bonds. The van der Waals surface area contributed by atoms with Gasteiger partial charge in [0.05, 0.1) is 6.61 Å². The van der Waals surface area contributed by atoms with Gasteiger partial charge in [-0.05, 0) is 37.5 Å². The zero-order valence-electron chi connectivity index (χ0n) is 12.4. The highest BCUT2D eigenvalue weighted by molar-refractivity contribution is 5.81. The molecule has 2 heterocycles. The van der Waals surface area contributed by atoms with E-state index in [1.807, 2.05) is 19.1 Å². The summed E-state index contributed by atoms with van der Waals surface area (Å²) < 4.78 is 12.7. The lowest BCUT2D eigenvalue weighted by Crippen LogP contribution is -2.03. The predicted octanol–water partition coefficient (Wildman–Crippen LogP) is 2.55. The van der Waals surface area contributed by atoms with Gasteiger partial charge in [0.2, 0.25) is 0 Å². The van der Waals surface area contributed by atoms with Gasteiger partial charge in [-0.25, -0.2) is 9.78 Å². The van der Waals surface area contributed by atoms with Crippen LogP contribution >= 0.6 is 0 Å². The number of hydrogen-bond donors (Lipinski definition) is 0. The number of hydrogen-bond acceptors (Lipinski definition) is 5. The van der Waals surface area contributed by atoms with Gasteiger partial charge < -0.3 is 9.15 Å². The van der Waals surface area contributed by atoms with Crippen molar-refractivity contribution in [2.75, 3.05) is 6.61 Å². The first-order valence-corrected chi connectivity index (χ1v) is 7.22. The largest absolute Gasteiger partial charge is 0.493 e. The van der Waals surface area contributed by atoms with E-state index in [-0.39, 0.29) is 5.63 Å². The van der Waals surface area contributed by atoms with Crippen LogP contribution < -0.4 is 10.4 Å². The minimum Gasteiger partial charge on any atom is -0.493 e. The zero-order valence-corrected chi connectivity index (χ0v) is 12.4. The van der Waals surface area contributed by atoms with Crippen LogP contribution in [0.2, 0.25) is 0 Å². The Morgan fingerprint density at radius 3 is 3.00 bits per heavy atom. The Bertz CT molecular complexity index is 809. The number of benzene rings is 1. The summed E-state index contributed by atoms with van der Waals surface area (Å²) in [5, 5.41) is 4.97. The van der Waals surface area contributed by atoms with Crippen molar-refractivity contribution in [2.24, 2.45) is 0 Å². The number of rotatable bonds is 6. The molecule has 0 radical (unpaired) electrons. The maximum absolute atomic E-state index is 11.4. The first-order chi connectivity index (χ1) is 10.7. The quantitative estimate of drug-likeness (QED) is 0.517. The smallest absolute Gasteiger partial charge is 0.336 e. The molecule has 3 aromatic rings. The van der Waals surface area contributed by atoms with Crippen molar-refractivity contribution in [2.45, 2.75) is 26.3 Å². The summed E-state index contributed by atoms with van der Waals surface area (Å²) in [7, 11) is 0. The molecule has 0 bridgehead atoms. The second-order valence-electron chi connectivity index (χ2n) is 5.12. The molecule has 0 atom stereocenters. The summed E-state index contributed by atoms with van der Waals surface area (Å²) in [6, 6.07) is 7.07. The fraction of sp³-hybridized carbons (Fsp3) is 0.312. The molecular formula is C16H17N3O3. The molecule has 22 heavy (non-hydrogen) atoms. The van der Waals surface area contributed by atoms with Crippen LogP contribution in [0.15, 0.2) is 46.1 Å². The number of ether oxygens (including phenoxy) is 1. The molecule has 1 aromatic carbocycles. The number of nitrogens with zero attached hydrogens (tertiary/aromatic N) is 3. The van der Waals surface area contributed by atoms with Gasteiger partial charge >= 0.3 is 5.63 Å². The van der Waals surface area contributed by atoms with Crippen molar-refractivity contribution < 1.29 is 9.15 Å². The number of aryl methyl sites for hydroxylation is 2. The summed E-state index contributed by atoms with van der Waals surface area (Å²) >= 11 is 0. The van der Waals surface area contributed by atoms with E-state index in [2.05, 4.69) is 10.1 Å². The van der Waals surface area contributed by atoms with Gasteiger partial charge in [0.15, 0.2) is 0 Å². The van der Waals surface area contributed by atoms with Crippen molar-refractivity contribution in [3.63, 3.8) is 0 Å². The lowest BCUT2D eigenvalue weighted by Gasteiger charge is -2.07. The highest BCUT2D eigenvalue weighted by atomic mass is 16.5. The van der Waals surface area contributed by atoms with Gasteiger partial charge in [-0.1, -0.05) is 0 Å². The molecule has 0 aliphatic rings. The Morgan fingerprint density at radius 1 is 1.27 bits per heavy atom. The topological polar surface area (TPSA) is 70.2 Å². The van der Waals surface area contributed by atoms with Crippen LogP contribution in [0.4, 0.5) is 0 Å². The van der Waals surface area contributed by atoms with Crippen molar-refractivity contribution in [3.8, 4) is 5.75 Å². The van der Waals surface area contributed by atoms with Crippen LogP contribution in [-0.4, -0.2) is 21.4 Å². The molecule has 0 saturated heterocycles. The molecule has 2 aromatic heterocycles. The van der Waals surface area contributed by atoms with Gasteiger partial charge in [-0.3, -0.25) is 4.68 Å². The molecule has 6 heteroatoms. The highest BCUT2D eigenvalue weighted by Gasteiger charge is 2.04. The van der Waals surface area contributed by atoms with E-state index < -0.39 is 0 Å². The Hall–Kier alpha value is -2.63. The van der Waals surface area contributed by atoms with Crippen LogP contribution in [0, 0.1) is 6.92 Å². The summed E-state index contributed by atoms with van der Waals surface area (Å²) in [4.78, 5) is 15.3. The molecule has 114 valence electrons. The zero-order chi connectivity index (χ0) is 15.4. The van der Waals surface area contributed by atoms with Crippen molar-refractivity contribution >= 4 is 11.0 Å². The SMILES string of the molecule is Cc1cc(=O)oc2cc(OCCCCn3cncn3)ccc12. The van der Waals surface area contributed by atoms with E-state index in [0.717, 1.165) is 30.3 Å². The van der Waals surface area contributed by atoms with Gasteiger partial charge in [0.25, 0.3) is 0 Å². The minimum absolute atomic E-state index is 0.338. The highest BCUT2D eigenvalue weighted by Crippen LogP contribution is 2.22. The Morgan fingerprint density at radius 2 is 2.18 bits per heavy atom. The van der Waals surface area contributed by atoms with Gasteiger partial charge in [-0.15, -0.1) is 0 Å². The molecule has 0 N–H and O–H groups in total. The van der Waals surface area contributed by atoms with Gasteiger partial charge in [-0.2, -0.15) is 5.10 Å². The van der Waals surface area contributed by atoms with Gasteiger partial charge in [0, 0.05) is 24.1 Å². The summed E-state index contributed by atoms with van der Waals surface area (Å²) in [5.74, 6) is 0.710. The Labute approximate surface area is 127 Å². The second-order valence-corrected chi connectivity index (χ2v) is 5.12. The lowest BCUT2D eigenvalue weighted by molar-refractivity contribution is 0.302. The van der Waals surface area contributed by atoms with E-state index in [1.54, 1.807) is 17.1 Å². The first kappa shape index (κ1) is 14.3.